The normalized spacial score (nSPS) is 13.5. The Labute approximate surface area is 135 Å². The Bertz CT molecular complexity index is 956. The van der Waals surface area contributed by atoms with Crippen molar-refractivity contribution in [2.24, 2.45) is 14.1 Å². The molecule has 3 N–H and O–H groups in total. The molecule has 10 heteroatoms. The minimum atomic E-state index is -2.13. The number of pyridine rings is 1. The number of aromatic nitrogens is 3. The third-order valence-corrected chi connectivity index (χ3v) is 3.59. The zero-order valence-corrected chi connectivity index (χ0v) is 13.2. The number of nitrogens with one attached hydrogen (secondary N) is 1. The van der Waals surface area contributed by atoms with Gasteiger partial charge in [-0.25, -0.2) is 14.6 Å². The predicted molar refractivity (Wildman–Crippen MR) is 82.8 cm³/mol. The molecule has 0 saturated heterocycles. The highest BCUT2D eigenvalue weighted by molar-refractivity contribution is 5.94. The maximum absolute atomic E-state index is 12.1. The summed E-state index contributed by atoms with van der Waals surface area (Å²) < 4.78 is 2.05. The van der Waals surface area contributed by atoms with Crippen LogP contribution in [0.2, 0.25) is 0 Å². The number of aliphatic hydroxyl groups is 1. The zero-order valence-electron chi connectivity index (χ0n) is 13.2. The van der Waals surface area contributed by atoms with Gasteiger partial charge in [0, 0.05) is 14.1 Å². The highest BCUT2D eigenvalue weighted by Gasteiger charge is 2.30. The molecule has 0 fully saturated rings. The van der Waals surface area contributed by atoms with Gasteiger partial charge in [0.05, 0.1) is 11.9 Å². The van der Waals surface area contributed by atoms with E-state index in [2.05, 4.69) is 10.3 Å². The Kier molecular flexibility index (Phi) is 4.26. The van der Waals surface area contributed by atoms with E-state index in [4.69, 9.17) is 5.11 Å². The lowest BCUT2D eigenvalue weighted by Gasteiger charge is -2.18. The number of aliphatic carboxylic acids is 1. The van der Waals surface area contributed by atoms with E-state index in [-0.39, 0.29) is 16.7 Å². The van der Waals surface area contributed by atoms with Crippen molar-refractivity contribution in [3.05, 3.63) is 38.7 Å². The van der Waals surface area contributed by atoms with E-state index in [1.807, 2.05) is 0 Å². The van der Waals surface area contributed by atoms with E-state index in [0.717, 1.165) is 16.1 Å². The molecule has 2 rings (SSSR count). The SMILES string of the molecule is Cn1c(=O)c2ccc(C(=O)NCC(C)(O)C(=O)O)nc2n(C)c1=O. The van der Waals surface area contributed by atoms with Crippen LogP contribution in [-0.2, 0) is 18.9 Å². The van der Waals surface area contributed by atoms with Gasteiger partial charge in [-0.05, 0) is 19.1 Å². The first-order chi connectivity index (χ1) is 11.1. The maximum Gasteiger partial charge on any atom is 0.337 e. The Hall–Kier alpha value is -3.01. The zero-order chi connectivity index (χ0) is 18.2. The number of nitrogens with zero attached hydrogens (tertiary/aromatic N) is 3. The van der Waals surface area contributed by atoms with Crippen LogP contribution in [-0.4, -0.2) is 48.4 Å². The maximum atomic E-state index is 12.1. The van der Waals surface area contributed by atoms with Crippen molar-refractivity contribution in [2.45, 2.75) is 12.5 Å². The van der Waals surface area contributed by atoms with E-state index in [0.29, 0.717) is 0 Å². The summed E-state index contributed by atoms with van der Waals surface area (Å²) in [7, 11) is 2.74. The van der Waals surface area contributed by atoms with Gasteiger partial charge in [0.15, 0.2) is 5.60 Å². The van der Waals surface area contributed by atoms with Crippen molar-refractivity contribution >= 4 is 22.9 Å². The van der Waals surface area contributed by atoms with Crippen LogP contribution in [0.25, 0.3) is 11.0 Å². The van der Waals surface area contributed by atoms with Gasteiger partial charge in [-0.2, -0.15) is 0 Å². The summed E-state index contributed by atoms with van der Waals surface area (Å²) >= 11 is 0. The Morgan fingerprint density at radius 2 is 1.88 bits per heavy atom. The largest absolute Gasteiger partial charge is 0.479 e. The van der Waals surface area contributed by atoms with Gasteiger partial charge in [0.2, 0.25) is 0 Å². The van der Waals surface area contributed by atoms with E-state index in [1.54, 1.807) is 0 Å². The molecule has 0 saturated carbocycles. The van der Waals surface area contributed by atoms with E-state index >= 15 is 0 Å². The van der Waals surface area contributed by atoms with Crippen molar-refractivity contribution < 1.29 is 19.8 Å². The minimum Gasteiger partial charge on any atom is -0.479 e. The fourth-order valence-corrected chi connectivity index (χ4v) is 2.00. The second kappa shape index (κ2) is 5.89. The molecule has 128 valence electrons. The summed E-state index contributed by atoms with van der Waals surface area (Å²) in [4.78, 5) is 50.8. The molecule has 0 aliphatic heterocycles. The molecule has 0 aliphatic carbocycles. The van der Waals surface area contributed by atoms with Gasteiger partial charge in [0.25, 0.3) is 11.5 Å². The van der Waals surface area contributed by atoms with Gasteiger partial charge < -0.3 is 15.5 Å². The van der Waals surface area contributed by atoms with Crippen molar-refractivity contribution in [3.8, 4) is 0 Å². The first-order valence-electron chi connectivity index (χ1n) is 6.87. The van der Waals surface area contributed by atoms with Crippen molar-refractivity contribution in [1.82, 2.24) is 19.4 Å². The van der Waals surface area contributed by atoms with Crippen LogP contribution in [0.3, 0.4) is 0 Å². The third-order valence-electron chi connectivity index (χ3n) is 3.59. The van der Waals surface area contributed by atoms with Gasteiger partial charge in [0.1, 0.15) is 11.3 Å². The summed E-state index contributed by atoms with van der Waals surface area (Å²) in [6.45, 7) is 0.507. The first-order valence-corrected chi connectivity index (χ1v) is 6.87. The molecule has 0 aromatic carbocycles. The van der Waals surface area contributed by atoms with E-state index in [1.165, 1.54) is 26.2 Å². The second-order valence-electron chi connectivity index (χ2n) is 5.54. The van der Waals surface area contributed by atoms with Crippen LogP contribution in [0.5, 0.6) is 0 Å². The molecule has 2 aromatic heterocycles. The Morgan fingerprint density at radius 1 is 1.25 bits per heavy atom. The van der Waals surface area contributed by atoms with Crippen molar-refractivity contribution in [1.29, 1.82) is 0 Å². The van der Waals surface area contributed by atoms with Crippen LogP contribution >= 0.6 is 0 Å². The number of carbonyl (C=O) groups excluding carboxylic acids is 1. The van der Waals surface area contributed by atoms with Crippen LogP contribution in [0.4, 0.5) is 0 Å². The molecule has 2 aromatic rings. The standard InChI is InChI=1S/C14H16N4O6/c1-14(24,12(21)22)6-15-10(19)8-5-4-7-9(16-8)17(2)13(23)18(3)11(7)20/h4-5,24H,6H2,1-3H3,(H,15,19)(H,21,22). The average molecular weight is 336 g/mol. The number of carboxylic acid groups (broad SMARTS) is 1. The number of rotatable bonds is 4. The highest BCUT2D eigenvalue weighted by atomic mass is 16.4. The summed E-state index contributed by atoms with van der Waals surface area (Å²) in [6.07, 6.45) is 0. The number of aryl methyl sites for hydroxylation is 1. The van der Waals surface area contributed by atoms with E-state index in [9.17, 15) is 24.3 Å². The number of carboxylic acids is 1. The molecular formula is C14H16N4O6. The topological polar surface area (TPSA) is 144 Å². The smallest absolute Gasteiger partial charge is 0.337 e. The van der Waals surface area contributed by atoms with Crippen molar-refractivity contribution in [3.63, 3.8) is 0 Å². The number of hydrogen-bond acceptors (Lipinski definition) is 6. The number of carbonyl (C=O) groups is 2. The number of amides is 1. The van der Waals surface area contributed by atoms with E-state index < -0.39 is 35.3 Å². The molecular weight excluding hydrogens is 320 g/mol. The van der Waals surface area contributed by atoms with Crippen LogP contribution in [0, 0.1) is 0 Å². The van der Waals surface area contributed by atoms with Gasteiger partial charge in [-0.3, -0.25) is 18.7 Å². The fourth-order valence-electron chi connectivity index (χ4n) is 2.00. The number of hydrogen-bond donors (Lipinski definition) is 3. The number of fused-ring (bicyclic) bond motifs is 1. The molecule has 0 aliphatic rings. The molecule has 24 heavy (non-hydrogen) atoms. The summed E-state index contributed by atoms with van der Waals surface area (Å²) in [5, 5.41) is 20.8. The lowest BCUT2D eigenvalue weighted by molar-refractivity contribution is -0.155. The van der Waals surface area contributed by atoms with Crippen molar-refractivity contribution in [2.75, 3.05) is 6.54 Å². The fraction of sp³-hybridized carbons (Fsp3) is 0.357. The van der Waals surface area contributed by atoms with Crippen LogP contribution in [0.1, 0.15) is 17.4 Å². The first kappa shape index (κ1) is 17.3. The van der Waals surface area contributed by atoms with Gasteiger partial charge in [-0.15, -0.1) is 0 Å². The monoisotopic (exact) mass is 336 g/mol. The van der Waals surface area contributed by atoms with Crippen LogP contribution in [0.15, 0.2) is 21.7 Å². The summed E-state index contributed by atoms with van der Waals surface area (Å²) in [6, 6.07) is 2.63. The van der Waals surface area contributed by atoms with Gasteiger partial charge >= 0.3 is 11.7 Å². The molecule has 1 atom stereocenters. The Balaban J connectivity index is 2.41. The molecule has 0 bridgehead atoms. The second-order valence-corrected chi connectivity index (χ2v) is 5.54. The van der Waals surface area contributed by atoms with Gasteiger partial charge in [-0.1, -0.05) is 0 Å². The molecule has 2 heterocycles. The summed E-state index contributed by atoms with van der Waals surface area (Å²) in [5.41, 5.74) is -3.35. The average Bonchev–Trinajstić information content (AvgIpc) is 2.55. The lowest BCUT2D eigenvalue weighted by Crippen LogP contribution is -2.46. The predicted octanol–water partition coefficient (Wildman–Crippen LogP) is -1.80. The molecule has 1 amide bonds. The third kappa shape index (κ3) is 2.91. The Morgan fingerprint density at radius 3 is 2.46 bits per heavy atom. The molecule has 0 radical (unpaired) electrons. The van der Waals surface area contributed by atoms with Crippen LogP contribution < -0.4 is 16.6 Å². The molecule has 1 unspecified atom stereocenters. The molecule has 10 nitrogen and oxygen atoms in total. The quantitative estimate of drug-likeness (QED) is 0.597. The molecule has 0 spiro atoms. The highest BCUT2D eigenvalue weighted by Crippen LogP contribution is 2.07. The lowest BCUT2D eigenvalue weighted by atomic mass is 10.1. The summed E-state index contributed by atoms with van der Waals surface area (Å²) in [5.74, 6) is -2.23. The minimum absolute atomic E-state index is 0.0285.